The lowest BCUT2D eigenvalue weighted by Crippen LogP contribution is -2.29. The number of nitrogens with zero attached hydrogens (tertiary/aromatic N) is 4. The molecule has 0 spiro atoms. The number of thioether (sulfide) groups is 1. The number of non-ortho nitro benzene ring substituents is 1. The van der Waals surface area contributed by atoms with Crippen molar-refractivity contribution in [2.45, 2.75) is 16.1 Å². The number of carbonyl (C=O) groups excluding carboxylic acids is 2. The number of rotatable bonds is 7. The molecule has 4 aromatic rings. The van der Waals surface area contributed by atoms with Crippen molar-refractivity contribution in [3.05, 3.63) is 116 Å². The van der Waals surface area contributed by atoms with E-state index in [0.717, 1.165) is 21.8 Å². The second kappa shape index (κ2) is 10.9. The number of aliphatic hydroxyl groups excluding tert-OH is 1. The molecule has 9 nitrogen and oxygen atoms in total. The number of nitro groups is 1. The molecule has 0 saturated carbocycles. The van der Waals surface area contributed by atoms with Gasteiger partial charge in [-0.15, -0.1) is 10.2 Å². The van der Waals surface area contributed by atoms with Gasteiger partial charge in [0.2, 0.25) is 5.13 Å². The van der Waals surface area contributed by atoms with E-state index in [1.807, 2.05) is 0 Å². The molecular formula is C26H16ClFN4O5S2. The number of hydrogen-bond acceptors (Lipinski definition) is 9. The van der Waals surface area contributed by atoms with Crippen LogP contribution in [-0.4, -0.2) is 31.9 Å². The smallest absolute Gasteiger partial charge is 0.301 e. The molecule has 0 bridgehead atoms. The SMILES string of the molecule is O=C1C(=O)N(c2nnc(SCc3ccc(F)cc3)s2)C(c2ccc([N+](=O)[O-])cc2)/C1=C(/O)c1ccc(Cl)cc1. The molecule has 0 aliphatic carbocycles. The van der Waals surface area contributed by atoms with Crippen molar-refractivity contribution in [1.29, 1.82) is 0 Å². The Bertz CT molecular complexity index is 1610. The molecule has 2 heterocycles. The number of nitro benzene ring substituents is 1. The molecule has 0 radical (unpaired) electrons. The van der Waals surface area contributed by atoms with E-state index in [9.17, 15) is 29.2 Å². The van der Waals surface area contributed by atoms with Crippen LogP contribution in [0.1, 0.15) is 22.7 Å². The lowest BCUT2D eigenvalue weighted by molar-refractivity contribution is -0.384. The van der Waals surface area contributed by atoms with Gasteiger partial charge in [-0.2, -0.15) is 0 Å². The average Bonchev–Trinajstić information content (AvgIpc) is 3.50. The minimum absolute atomic E-state index is 0.109. The molecule has 196 valence electrons. The summed E-state index contributed by atoms with van der Waals surface area (Å²) >= 11 is 8.34. The van der Waals surface area contributed by atoms with Gasteiger partial charge in [0.25, 0.3) is 11.5 Å². The largest absolute Gasteiger partial charge is 0.507 e. The van der Waals surface area contributed by atoms with Crippen molar-refractivity contribution in [2.75, 3.05) is 4.90 Å². The van der Waals surface area contributed by atoms with Crippen LogP contribution in [-0.2, 0) is 15.3 Å². The number of benzene rings is 3. The van der Waals surface area contributed by atoms with Gasteiger partial charge in [0.15, 0.2) is 4.34 Å². The van der Waals surface area contributed by atoms with Crippen LogP contribution in [0.2, 0.25) is 5.02 Å². The van der Waals surface area contributed by atoms with Gasteiger partial charge >= 0.3 is 5.91 Å². The number of aromatic nitrogens is 2. The van der Waals surface area contributed by atoms with Crippen LogP contribution in [0, 0.1) is 15.9 Å². The Morgan fingerprint density at radius 2 is 1.72 bits per heavy atom. The summed E-state index contributed by atoms with van der Waals surface area (Å²) in [5.41, 5.74) is 1.09. The van der Waals surface area contributed by atoms with E-state index in [-0.39, 0.29) is 27.8 Å². The van der Waals surface area contributed by atoms with Crippen molar-refractivity contribution < 1.29 is 24.0 Å². The normalized spacial score (nSPS) is 16.6. The van der Waals surface area contributed by atoms with E-state index in [1.54, 1.807) is 12.1 Å². The second-order valence-corrected chi connectivity index (χ2v) is 10.9. The van der Waals surface area contributed by atoms with Crippen molar-refractivity contribution in [2.24, 2.45) is 0 Å². The minimum atomic E-state index is -1.12. The van der Waals surface area contributed by atoms with Crippen LogP contribution in [0.5, 0.6) is 0 Å². The number of anilines is 1. The summed E-state index contributed by atoms with van der Waals surface area (Å²) in [6.07, 6.45) is 0. The number of hydrogen-bond donors (Lipinski definition) is 1. The minimum Gasteiger partial charge on any atom is -0.507 e. The van der Waals surface area contributed by atoms with Crippen molar-refractivity contribution in [1.82, 2.24) is 10.2 Å². The first-order valence-electron chi connectivity index (χ1n) is 11.2. The van der Waals surface area contributed by atoms with Crippen LogP contribution in [0.15, 0.2) is 82.7 Å². The highest BCUT2D eigenvalue weighted by molar-refractivity contribution is 8.00. The summed E-state index contributed by atoms with van der Waals surface area (Å²) in [5, 5.41) is 31.1. The number of carbonyl (C=O) groups is 2. The number of ketones is 1. The Hall–Kier alpha value is -4.13. The Morgan fingerprint density at radius 1 is 1.05 bits per heavy atom. The van der Waals surface area contributed by atoms with Gasteiger partial charge in [-0.05, 0) is 59.7 Å². The van der Waals surface area contributed by atoms with Gasteiger partial charge in [0.1, 0.15) is 11.6 Å². The lowest BCUT2D eigenvalue weighted by Gasteiger charge is -2.22. The maximum absolute atomic E-state index is 13.3. The van der Waals surface area contributed by atoms with Gasteiger partial charge in [-0.3, -0.25) is 24.6 Å². The highest BCUT2D eigenvalue weighted by Gasteiger charge is 2.48. The maximum atomic E-state index is 13.3. The summed E-state index contributed by atoms with van der Waals surface area (Å²) in [4.78, 5) is 38.3. The highest BCUT2D eigenvalue weighted by Crippen LogP contribution is 2.44. The fraction of sp³-hybridized carbons (Fsp3) is 0.0769. The van der Waals surface area contributed by atoms with E-state index in [0.29, 0.717) is 20.7 Å². The number of Topliss-reactive ketones (excluding diaryl/α,β-unsaturated/α-hetero) is 1. The summed E-state index contributed by atoms with van der Waals surface area (Å²) in [6.45, 7) is 0. The van der Waals surface area contributed by atoms with Crippen LogP contribution < -0.4 is 4.90 Å². The molecule has 1 amide bonds. The first-order valence-corrected chi connectivity index (χ1v) is 13.4. The molecule has 1 aliphatic heterocycles. The Labute approximate surface area is 233 Å². The topological polar surface area (TPSA) is 127 Å². The molecule has 1 fully saturated rings. The molecule has 39 heavy (non-hydrogen) atoms. The summed E-state index contributed by atoms with van der Waals surface area (Å²) in [6, 6.07) is 16.3. The average molecular weight is 583 g/mol. The third-order valence-corrected chi connectivity index (χ3v) is 8.24. The maximum Gasteiger partial charge on any atom is 0.301 e. The lowest BCUT2D eigenvalue weighted by atomic mass is 9.95. The van der Waals surface area contributed by atoms with Crippen LogP contribution in [0.3, 0.4) is 0 Å². The fourth-order valence-electron chi connectivity index (χ4n) is 3.97. The Morgan fingerprint density at radius 3 is 2.36 bits per heavy atom. The molecule has 1 N–H and O–H groups in total. The monoisotopic (exact) mass is 582 g/mol. The van der Waals surface area contributed by atoms with Crippen LogP contribution in [0.25, 0.3) is 5.76 Å². The Kier molecular flexibility index (Phi) is 7.42. The molecule has 1 unspecified atom stereocenters. The number of amides is 1. The van der Waals surface area contributed by atoms with Gasteiger partial charge in [-0.1, -0.05) is 46.8 Å². The Balaban J connectivity index is 1.54. The molecule has 13 heteroatoms. The van der Waals surface area contributed by atoms with Crippen molar-refractivity contribution in [3.8, 4) is 0 Å². The van der Waals surface area contributed by atoms with Gasteiger partial charge in [0.05, 0.1) is 16.5 Å². The van der Waals surface area contributed by atoms with Gasteiger partial charge in [0, 0.05) is 28.5 Å². The zero-order valence-corrected chi connectivity index (χ0v) is 22.0. The fourth-order valence-corrected chi connectivity index (χ4v) is 5.92. The molecule has 5 rings (SSSR count). The molecule has 1 aromatic heterocycles. The highest BCUT2D eigenvalue weighted by atomic mass is 35.5. The zero-order chi connectivity index (χ0) is 27.7. The predicted octanol–water partition coefficient (Wildman–Crippen LogP) is 6.16. The molecule has 3 aromatic carbocycles. The quantitative estimate of drug-likeness (QED) is 0.0522. The van der Waals surface area contributed by atoms with Gasteiger partial charge < -0.3 is 5.11 Å². The standard InChI is InChI=1S/C26H16ClFN4O5S2/c27-17-7-3-16(4-8-17)22(33)20-21(15-5-11-19(12-6-15)32(36)37)31(24(35)23(20)34)25-29-30-26(39-25)38-13-14-1-9-18(28)10-2-14/h1-12,21,33H,13H2/b22-20-. The van der Waals surface area contributed by atoms with E-state index < -0.39 is 28.4 Å². The predicted molar refractivity (Wildman–Crippen MR) is 145 cm³/mol. The van der Waals surface area contributed by atoms with Crippen LogP contribution >= 0.6 is 34.7 Å². The molecule has 1 saturated heterocycles. The van der Waals surface area contributed by atoms with Gasteiger partial charge in [-0.25, -0.2) is 4.39 Å². The third-order valence-electron chi connectivity index (χ3n) is 5.86. The summed E-state index contributed by atoms with van der Waals surface area (Å²) in [5.74, 6) is -2.18. The van der Waals surface area contributed by atoms with E-state index in [4.69, 9.17) is 11.6 Å². The number of aliphatic hydroxyl groups is 1. The zero-order valence-electron chi connectivity index (χ0n) is 19.7. The first-order chi connectivity index (χ1) is 18.7. The van der Waals surface area contributed by atoms with E-state index in [1.165, 1.54) is 72.4 Å². The molecule has 1 atom stereocenters. The third kappa shape index (κ3) is 5.39. The molecular weight excluding hydrogens is 567 g/mol. The summed E-state index contributed by atoms with van der Waals surface area (Å²) < 4.78 is 13.7. The number of halogens is 2. The van der Waals surface area contributed by atoms with E-state index >= 15 is 0 Å². The van der Waals surface area contributed by atoms with E-state index in [2.05, 4.69) is 10.2 Å². The first kappa shape index (κ1) is 26.5. The van der Waals surface area contributed by atoms with Crippen molar-refractivity contribution in [3.63, 3.8) is 0 Å². The van der Waals surface area contributed by atoms with Crippen LogP contribution in [0.4, 0.5) is 15.2 Å². The molecule has 1 aliphatic rings. The summed E-state index contributed by atoms with van der Waals surface area (Å²) in [7, 11) is 0. The second-order valence-electron chi connectivity index (χ2n) is 8.29. The van der Waals surface area contributed by atoms with Crippen molar-refractivity contribution >= 4 is 63.0 Å².